The Hall–Kier alpha value is -1.23. The molecule has 2 rings (SSSR count). The topological polar surface area (TPSA) is 24.1 Å². The fourth-order valence-corrected chi connectivity index (χ4v) is 3.54. The summed E-state index contributed by atoms with van der Waals surface area (Å²) in [7, 11) is 0. The first-order valence-corrected chi connectivity index (χ1v) is 9.52. The Bertz CT molecular complexity index is 646. The molecule has 0 fully saturated rings. The van der Waals surface area contributed by atoms with Gasteiger partial charge in [0.05, 0.1) is 0 Å². The standard InChI is InChI=1S/C18H21ClN2S2/c1-14-6-4-8-16(12-14)21-18(22)20-10-5-11-23-13-15-7-2-3-9-17(15)19/h2-4,6-9,12H,5,10-11,13H2,1H3,(H2,20,21,22). The molecule has 0 radical (unpaired) electrons. The number of halogens is 1. The molecule has 0 aliphatic heterocycles. The number of hydrogen-bond donors (Lipinski definition) is 2. The van der Waals surface area contributed by atoms with Crippen molar-refractivity contribution in [1.82, 2.24) is 5.32 Å². The zero-order chi connectivity index (χ0) is 16.5. The lowest BCUT2D eigenvalue weighted by atomic mass is 10.2. The van der Waals surface area contributed by atoms with Gasteiger partial charge in [-0.2, -0.15) is 11.8 Å². The Morgan fingerprint density at radius 2 is 2.00 bits per heavy atom. The van der Waals surface area contributed by atoms with Crippen molar-refractivity contribution >= 4 is 46.4 Å². The minimum absolute atomic E-state index is 0.673. The summed E-state index contributed by atoms with van der Waals surface area (Å²) in [6, 6.07) is 16.2. The third-order valence-electron chi connectivity index (χ3n) is 3.24. The Kier molecular flexibility index (Phi) is 7.72. The van der Waals surface area contributed by atoms with Gasteiger partial charge in [0, 0.05) is 23.0 Å². The molecule has 0 saturated carbocycles. The molecule has 0 saturated heterocycles. The average Bonchev–Trinajstić information content (AvgIpc) is 2.52. The largest absolute Gasteiger partial charge is 0.362 e. The molecule has 0 bridgehead atoms. The molecule has 5 heteroatoms. The summed E-state index contributed by atoms with van der Waals surface area (Å²) in [4.78, 5) is 0. The van der Waals surface area contributed by atoms with Crippen molar-refractivity contribution in [2.24, 2.45) is 0 Å². The third-order valence-corrected chi connectivity index (χ3v) is 4.95. The summed E-state index contributed by atoms with van der Waals surface area (Å²) in [5.74, 6) is 2.02. The highest BCUT2D eigenvalue weighted by molar-refractivity contribution is 7.98. The van der Waals surface area contributed by atoms with Crippen molar-refractivity contribution in [3.8, 4) is 0 Å². The van der Waals surface area contributed by atoms with Crippen LogP contribution in [0.1, 0.15) is 17.5 Å². The molecule has 0 aliphatic carbocycles. The number of thiocarbonyl (C=S) groups is 1. The molecule has 23 heavy (non-hydrogen) atoms. The minimum Gasteiger partial charge on any atom is -0.362 e. The van der Waals surface area contributed by atoms with E-state index in [4.69, 9.17) is 23.8 Å². The summed E-state index contributed by atoms with van der Waals surface area (Å²) in [5.41, 5.74) is 3.44. The fourth-order valence-electron chi connectivity index (χ4n) is 2.07. The van der Waals surface area contributed by atoms with E-state index < -0.39 is 0 Å². The number of aryl methyl sites for hydroxylation is 1. The van der Waals surface area contributed by atoms with Crippen LogP contribution in [0.4, 0.5) is 5.69 Å². The number of benzene rings is 2. The van der Waals surface area contributed by atoms with Gasteiger partial charge < -0.3 is 10.6 Å². The zero-order valence-electron chi connectivity index (χ0n) is 13.1. The highest BCUT2D eigenvalue weighted by atomic mass is 35.5. The van der Waals surface area contributed by atoms with Crippen LogP contribution < -0.4 is 10.6 Å². The van der Waals surface area contributed by atoms with Crippen LogP contribution in [0.25, 0.3) is 0 Å². The normalized spacial score (nSPS) is 10.3. The molecule has 0 heterocycles. The van der Waals surface area contributed by atoms with E-state index in [0.29, 0.717) is 5.11 Å². The molecule has 2 N–H and O–H groups in total. The Morgan fingerprint density at radius 1 is 1.17 bits per heavy atom. The van der Waals surface area contributed by atoms with Crippen LogP contribution in [0.3, 0.4) is 0 Å². The maximum absolute atomic E-state index is 6.14. The maximum Gasteiger partial charge on any atom is 0.170 e. The Labute approximate surface area is 153 Å². The van der Waals surface area contributed by atoms with Gasteiger partial charge in [0.25, 0.3) is 0 Å². The zero-order valence-corrected chi connectivity index (χ0v) is 15.5. The van der Waals surface area contributed by atoms with Crippen LogP contribution in [-0.4, -0.2) is 17.4 Å². The van der Waals surface area contributed by atoms with Gasteiger partial charge in [-0.05, 0) is 60.6 Å². The van der Waals surface area contributed by atoms with E-state index in [1.807, 2.05) is 42.1 Å². The smallest absolute Gasteiger partial charge is 0.170 e. The second kappa shape index (κ2) is 9.81. The van der Waals surface area contributed by atoms with Gasteiger partial charge in [-0.25, -0.2) is 0 Å². The fraction of sp³-hybridized carbons (Fsp3) is 0.278. The SMILES string of the molecule is Cc1cccc(NC(=S)NCCCSCc2ccccc2Cl)c1. The minimum atomic E-state index is 0.673. The van der Waals surface area contributed by atoms with Gasteiger partial charge in [-0.15, -0.1) is 0 Å². The summed E-state index contributed by atoms with van der Waals surface area (Å²) < 4.78 is 0. The van der Waals surface area contributed by atoms with E-state index in [1.54, 1.807) is 0 Å². The molecule has 2 nitrogen and oxygen atoms in total. The number of hydrogen-bond acceptors (Lipinski definition) is 2. The van der Waals surface area contributed by atoms with Crippen LogP contribution >= 0.6 is 35.6 Å². The molecule has 0 aromatic heterocycles. The predicted octanol–water partition coefficient (Wildman–Crippen LogP) is 5.26. The van der Waals surface area contributed by atoms with Gasteiger partial charge >= 0.3 is 0 Å². The molecule has 2 aromatic rings. The van der Waals surface area contributed by atoms with Gasteiger partial charge in [-0.1, -0.05) is 41.9 Å². The van der Waals surface area contributed by atoms with Crippen LogP contribution in [0, 0.1) is 6.92 Å². The van der Waals surface area contributed by atoms with Gasteiger partial charge in [0.15, 0.2) is 5.11 Å². The first-order valence-electron chi connectivity index (χ1n) is 7.58. The molecule has 0 unspecified atom stereocenters. The van der Waals surface area contributed by atoms with Gasteiger partial charge in [0.1, 0.15) is 0 Å². The second-order valence-corrected chi connectivity index (χ2v) is 7.17. The summed E-state index contributed by atoms with van der Waals surface area (Å²) in [6.07, 6.45) is 1.06. The summed E-state index contributed by atoms with van der Waals surface area (Å²) in [5, 5.41) is 7.97. The summed E-state index contributed by atoms with van der Waals surface area (Å²) >= 11 is 13.3. The maximum atomic E-state index is 6.14. The van der Waals surface area contributed by atoms with E-state index in [1.165, 1.54) is 11.1 Å². The first-order chi connectivity index (χ1) is 11.1. The van der Waals surface area contributed by atoms with Crippen LogP contribution in [-0.2, 0) is 5.75 Å². The number of rotatable bonds is 7. The highest BCUT2D eigenvalue weighted by Gasteiger charge is 2.00. The van der Waals surface area contributed by atoms with Crippen molar-refractivity contribution in [1.29, 1.82) is 0 Å². The molecular formula is C18H21ClN2S2. The monoisotopic (exact) mass is 364 g/mol. The van der Waals surface area contributed by atoms with Crippen molar-refractivity contribution in [3.05, 3.63) is 64.7 Å². The molecule has 0 amide bonds. The lowest BCUT2D eigenvalue weighted by molar-refractivity contribution is 0.854. The third kappa shape index (κ3) is 6.81. The molecule has 0 aliphatic rings. The van der Waals surface area contributed by atoms with Gasteiger partial charge in [-0.3, -0.25) is 0 Å². The molecule has 122 valence electrons. The quantitative estimate of drug-likeness (QED) is 0.517. The predicted molar refractivity (Wildman–Crippen MR) is 108 cm³/mol. The van der Waals surface area contributed by atoms with E-state index in [-0.39, 0.29) is 0 Å². The van der Waals surface area contributed by atoms with Crippen molar-refractivity contribution in [3.63, 3.8) is 0 Å². The second-order valence-electron chi connectivity index (χ2n) is 5.25. The van der Waals surface area contributed by atoms with Crippen LogP contribution in [0.2, 0.25) is 5.02 Å². The van der Waals surface area contributed by atoms with E-state index in [0.717, 1.165) is 35.2 Å². The summed E-state index contributed by atoms with van der Waals surface area (Å²) in [6.45, 7) is 2.94. The van der Waals surface area contributed by atoms with E-state index in [9.17, 15) is 0 Å². The first kappa shape index (κ1) is 18.1. The number of thioether (sulfide) groups is 1. The average molecular weight is 365 g/mol. The highest BCUT2D eigenvalue weighted by Crippen LogP contribution is 2.20. The molecule has 2 aromatic carbocycles. The van der Waals surface area contributed by atoms with Gasteiger partial charge in [0.2, 0.25) is 0 Å². The molecule has 0 spiro atoms. The van der Waals surface area contributed by atoms with Crippen molar-refractivity contribution < 1.29 is 0 Å². The van der Waals surface area contributed by atoms with E-state index >= 15 is 0 Å². The van der Waals surface area contributed by atoms with Crippen molar-refractivity contribution in [2.45, 2.75) is 19.1 Å². The lowest BCUT2D eigenvalue weighted by Gasteiger charge is -2.11. The Balaban J connectivity index is 1.58. The lowest BCUT2D eigenvalue weighted by Crippen LogP contribution is -2.29. The number of nitrogens with one attached hydrogen (secondary N) is 2. The van der Waals surface area contributed by atoms with Crippen molar-refractivity contribution in [2.75, 3.05) is 17.6 Å². The molecular weight excluding hydrogens is 344 g/mol. The van der Waals surface area contributed by atoms with Crippen LogP contribution in [0.15, 0.2) is 48.5 Å². The van der Waals surface area contributed by atoms with E-state index in [2.05, 4.69) is 35.8 Å². The number of anilines is 1. The molecule has 0 atom stereocenters. The van der Waals surface area contributed by atoms with Crippen LogP contribution in [0.5, 0.6) is 0 Å². The Morgan fingerprint density at radius 3 is 2.78 bits per heavy atom.